The van der Waals surface area contributed by atoms with E-state index >= 15 is 0 Å². The van der Waals surface area contributed by atoms with Gasteiger partial charge in [-0.25, -0.2) is 4.98 Å². The quantitative estimate of drug-likeness (QED) is 0.837. The zero-order chi connectivity index (χ0) is 12.4. The highest BCUT2D eigenvalue weighted by atomic mass is 32.1. The van der Waals surface area contributed by atoms with Crippen molar-refractivity contribution in [3.8, 4) is 0 Å². The summed E-state index contributed by atoms with van der Waals surface area (Å²) in [6.07, 6.45) is 8.06. The van der Waals surface area contributed by atoms with Crippen LogP contribution in [-0.4, -0.2) is 28.9 Å². The summed E-state index contributed by atoms with van der Waals surface area (Å²) in [7, 11) is 0. The van der Waals surface area contributed by atoms with E-state index in [1.54, 1.807) is 11.3 Å². The fourth-order valence-electron chi connectivity index (χ4n) is 3.02. The average molecular weight is 264 g/mol. The van der Waals surface area contributed by atoms with Crippen molar-refractivity contribution >= 4 is 17.2 Å². The Balaban J connectivity index is 1.55. The van der Waals surface area contributed by atoms with Gasteiger partial charge in [0.05, 0.1) is 10.7 Å². The van der Waals surface area contributed by atoms with Crippen LogP contribution in [0.4, 0.5) is 0 Å². The van der Waals surface area contributed by atoms with E-state index in [9.17, 15) is 4.79 Å². The first-order valence-electron chi connectivity index (χ1n) is 7.05. The second-order valence-electron chi connectivity index (χ2n) is 5.38. The molecule has 0 atom stereocenters. The molecule has 0 spiro atoms. The lowest BCUT2D eigenvalue weighted by atomic mass is 10.1. The van der Waals surface area contributed by atoms with Crippen LogP contribution in [0.2, 0.25) is 0 Å². The number of aromatic nitrogens is 1. The van der Waals surface area contributed by atoms with Crippen LogP contribution in [0.1, 0.15) is 55.1 Å². The zero-order valence-electron chi connectivity index (χ0n) is 10.7. The van der Waals surface area contributed by atoms with E-state index < -0.39 is 0 Å². The van der Waals surface area contributed by atoms with Gasteiger partial charge in [0, 0.05) is 37.2 Å². The highest BCUT2D eigenvalue weighted by Gasteiger charge is 2.21. The van der Waals surface area contributed by atoms with Crippen LogP contribution >= 0.6 is 11.3 Å². The molecule has 1 saturated heterocycles. The molecule has 0 unspecified atom stereocenters. The molecule has 0 N–H and O–H groups in total. The van der Waals surface area contributed by atoms with E-state index in [1.165, 1.54) is 36.4 Å². The Hall–Kier alpha value is -0.900. The van der Waals surface area contributed by atoms with Crippen molar-refractivity contribution in [2.45, 2.75) is 50.9 Å². The van der Waals surface area contributed by atoms with Crippen LogP contribution in [0.15, 0.2) is 5.38 Å². The maximum Gasteiger partial charge on any atom is 0.222 e. The number of hydrogen-bond donors (Lipinski definition) is 0. The Labute approximate surface area is 112 Å². The number of likely N-dealkylation sites (tertiary alicyclic amines) is 1. The molecule has 1 aliphatic heterocycles. The molecule has 1 amide bonds. The van der Waals surface area contributed by atoms with Crippen LogP contribution in [0.5, 0.6) is 0 Å². The lowest BCUT2D eigenvalue weighted by molar-refractivity contribution is -0.127. The summed E-state index contributed by atoms with van der Waals surface area (Å²) < 4.78 is 0. The third kappa shape index (κ3) is 2.58. The number of nitrogens with zero attached hydrogens (tertiary/aromatic N) is 2. The van der Waals surface area contributed by atoms with Gasteiger partial charge in [0.2, 0.25) is 5.91 Å². The monoisotopic (exact) mass is 264 g/mol. The fraction of sp³-hybridized carbons (Fsp3) is 0.714. The Morgan fingerprint density at radius 2 is 2.17 bits per heavy atom. The van der Waals surface area contributed by atoms with Crippen molar-refractivity contribution in [1.29, 1.82) is 0 Å². The van der Waals surface area contributed by atoms with Gasteiger partial charge in [0.15, 0.2) is 0 Å². The van der Waals surface area contributed by atoms with E-state index in [1.807, 2.05) is 4.90 Å². The molecule has 0 bridgehead atoms. The van der Waals surface area contributed by atoms with Crippen molar-refractivity contribution < 1.29 is 4.79 Å². The highest BCUT2D eigenvalue weighted by molar-refractivity contribution is 7.09. The third-order valence-electron chi connectivity index (χ3n) is 4.11. The molecule has 1 aromatic rings. The van der Waals surface area contributed by atoms with Crippen molar-refractivity contribution in [3.63, 3.8) is 0 Å². The summed E-state index contributed by atoms with van der Waals surface area (Å²) in [5, 5.41) is 3.44. The lowest BCUT2D eigenvalue weighted by Gasteiger charge is -2.13. The Morgan fingerprint density at radius 3 is 2.89 bits per heavy atom. The first kappa shape index (κ1) is 12.2. The molecular weight excluding hydrogens is 244 g/mol. The first-order valence-corrected chi connectivity index (χ1v) is 7.93. The molecule has 1 aromatic heterocycles. The molecule has 2 aliphatic rings. The topological polar surface area (TPSA) is 33.2 Å². The molecular formula is C14H20N2OS. The van der Waals surface area contributed by atoms with Gasteiger partial charge in [-0.15, -0.1) is 11.3 Å². The summed E-state index contributed by atoms with van der Waals surface area (Å²) >= 11 is 1.77. The first-order chi connectivity index (χ1) is 8.83. The number of carbonyl (C=O) groups is 1. The molecule has 3 rings (SSSR count). The smallest absolute Gasteiger partial charge is 0.222 e. The largest absolute Gasteiger partial charge is 0.342 e. The summed E-state index contributed by atoms with van der Waals surface area (Å²) in [5.41, 5.74) is 1.31. The van der Waals surface area contributed by atoms with E-state index in [0.29, 0.717) is 11.8 Å². The second kappa shape index (κ2) is 5.39. The lowest BCUT2D eigenvalue weighted by Crippen LogP contribution is -2.26. The van der Waals surface area contributed by atoms with E-state index in [0.717, 1.165) is 32.4 Å². The van der Waals surface area contributed by atoms with E-state index in [-0.39, 0.29) is 0 Å². The second-order valence-corrected chi connectivity index (χ2v) is 6.32. The predicted octanol–water partition coefficient (Wildman–Crippen LogP) is 2.97. The summed E-state index contributed by atoms with van der Waals surface area (Å²) in [5.74, 6) is 1.03. The van der Waals surface area contributed by atoms with Gasteiger partial charge in [0.25, 0.3) is 0 Å². The minimum atomic E-state index is 0.322. The minimum Gasteiger partial charge on any atom is -0.342 e. The standard InChI is InChI=1S/C14H20N2OS/c17-14-6-3-8-16(14)9-7-13-15-12(10-18-13)11-4-1-2-5-11/h10-11H,1-9H2. The van der Waals surface area contributed by atoms with Gasteiger partial charge >= 0.3 is 0 Å². The molecule has 1 aliphatic carbocycles. The SMILES string of the molecule is O=C1CCCN1CCc1nc(C2CCCC2)cs1. The third-order valence-corrected chi connectivity index (χ3v) is 5.04. The van der Waals surface area contributed by atoms with Gasteiger partial charge in [-0.2, -0.15) is 0 Å². The maximum absolute atomic E-state index is 11.5. The van der Waals surface area contributed by atoms with Crippen LogP contribution in [0, 0.1) is 0 Å². The molecule has 2 fully saturated rings. The molecule has 98 valence electrons. The van der Waals surface area contributed by atoms with Gasteiger partial charge in [-0.1, -0.05) is 12.8 Å². The Bertz CT molecular complexity index is 423. The summed E-state index contributed by atoms with van der Waals surface area (Å²) in [6.45, 7) is 1.80. The van der Waals surface area contributed by atoms with Crippen molar-refractivity contribution in [1.82, 2.24) is 9.88 Å². The Kier molecular flexibility index (Phi) is 3.64. The van der Waals surface area contributed by atoms with Crippen LogP contribution in [-0.2, 0) is 11.2 Å². The maximum atomic E-state index is 11.5. The molecule has 0 radical (unpaired) electrons. The number of carbonyl (C=O) groups excluding carboxylic acids is 1. The fourth-order valence-corrected chi connectivity index (χ4v) is 3.89. The van der Waals surface area contributed by atoms with Gasteiger partial charge in [-0.3, -0.25) is 4.79 Å². The van der Waals surface area contributed by atoms with Crippen LogP contribution in [0.3, 0.4) is 0 Å². The van der Waals surface area contributed by atoms with Crippen molar-refractivity contribution in [2.75, 3.05) is 13.1 Å². The number of rotatable bonds is 4. The molecule has 1 saturated carbocycles. The molecule has 2 heterocycles. The Morgan fingerprint density at radius 1 is 1.33 bits per heavy atom. The van der Waals surface area contributed by atoms with Crippen molar-refractivity contribution in [3.05, 3.63) is 16.1 Å². The van der Waals surface area contributed by atoms with Gasteiger partial charge < -0.3 is 4.90 Å². The molecule has 0 aromatic carbocycles. The molecule has 3 nitrogen and oxygen atoms in total. The van der Waals surface area contributed by atoms with Gasteiger partial charge in [-0.05, 0) is 19.3 Å². The van der Waals surface area contributed by atoms with E-state index in [2.05, 4.69) is 5.38 Å². The minimum absolute atomic E-state index is 0.322. The average Bonchev–Trinajstić information content (AvgIpc) is 3.08. The number of thiazole rings is 1. The summed E-state index contributed by atoms with van der Waals surface area (Å²) in [6, 6.07) is 0. The normalized spacial score (nSPS) is 21.1. The molecule has 4 heteroatoms. The highest BCUT2D eigenvalue weighted by Crippen LogP contribution is 2.34. The van der Waals surface area contributed by atoms with Crippen molar-refractivity contribution in [2.24, 2.45) is 0 Å². The predicted molar refractivity (Wildman–Crippen MR) is 72.8 cm³/mol. The zero-order valence-corrected chi connectivity index (χ0v) is 11.5. The van der Waals surface area contributed by atoms with Crippen LogP contribution < -0.4 is 0 Å². The van der Waals surface area contributed by atoms with E-state index in [4.69, 9.17) is 4.98 Å². The number of hydrogen-bond acceptors (Lipinski definition) is 3. The van der Waals surface area contributed by atoms with Crippen LogP contribution in [0.25, 0.3) is 0 Å². The molecule has 18 heavy (non-hydrogen) atoms. The van der Waals surface area contributed by atoms with Gasteiger partial charge in [0.1, 0.15) is 0 Å². The summed E-state index contributed by atoms with van der Waals surface area (Å²) in [4.78, 5) is 18.3. The number of amides is 1.